The monoisotopic (exact) mass is 561 g/mol. The van der Waals surface area contributed by atoms with Crippen molar-refractivity contribution in [3.63, 3.8) is 0 Å². The molecule has 5 N–H and O–H groups in total. The first-order valence-electron chi connectivity index (χ1n) is 13.5. The zero-order valence-corrected chi connectivity index (χ0v) is 23.3. The lowest BCUT2D eigenvalue weighted by molar-refractivity contribution is 0.0697. The van der Waals surface area contributed by atoms with Crippen LogP contribution in [0.4, 0.5) is 0 Å². The number of carbonyl (C=O) groups excluding carboxylic acids is 1. The molecule has 1 amide bonds. The molecule has 0 spiro atoms. The summed E-state index contributed by atoms with van der Waals surface area (Å²) in [7, 11) is 1.49. The number of hydrogen-bond acceptors (Lipinski definition) is 5. The van der Waals surface area contributed by atoms with Gasteiger partial charge in [0.15, 0.2) is 0 Å². The number of aryl methyl sites for hydroxylation is 1. The molecule has 0 unspecified atom stereocenters. The summed E-state index contributed by atoms with van der Waals surface area (Å²) in [5, 5.41) is 21.9. The number of nitrogens with one attached hydrogen (secondary N) is 2. The van der Waals surface area contributed by atoms with E-state index in [-0.39, 0.29) is 17.3 Å². The summed E-state index contributed by atoms with van der Waals surface area (Å²) >= 11 is 0. The Bertz CT molecular complexity index is 1810. The van der Waals surface area contributed by atoms with Gasteiger partial charge in [0.1, 0.15) is 11.6 Å². The average molecular weight is 562 g/mol. The molecule has 3 aromatic carbocycles. The van der Waals surface area contributed by atoms with E-state index in [1.54, 1.807) is 36.7 Å². The molecule has 0 saturated heterocycles. The molecule has 5 rings (SSSR count). The number of carbonyl (C=O) groups is 2. The highest BCUT2D eigenvalue weighted by Gasteiger charge is 2.20. The number of benzene rings is 3. The summed E-state index contributed by atoms with van der Waals surface area (Å²) in [6.07, 6.45) is 5.92. The van der Waals surface area contributed by atoms with E-state index in [9.17, 15) is 14.7 Å². The molecule has 0 bridgehead atoms. The molecule has 0 aliphatic rings. The maximum atomic E-state index is 13.2. The van der Waals surface area contributed by atoms with E-state index in [0.717, 1.165) is 34.1 Å². The predicted molar refractivity (Wildman–Crippen MR) is 162 cm³/mol. The van der Waals surface area contributed by atoms with E-state index in [2.05, 4.69) is 21.1 Å². The Labute approximate surface area is 243 Å². The fourth-order valence-electron chi connectivity index (χ4n) is 5.12. The van der Waals surface area contributed by atoms with Gasteiger partial charge < -0.3 is 25.5 Å². The molecule has 5 aromatic rings. The maximum absolute atomic E-state index is 13.2. The van der Waals surface area contributed by atoms with Crippen LogP contribution in [0, 0.1) is 5.41 Å². The van der Waals surface area contributed by atoms with Gasteiger partial charge in [-0.05, 0) is 77.2 Å². The number of methoxy groups -OCH3 is 1. The maximum Gasteiger partial charge on any atom is 0.336 e. The second-order valence-electron chi connectivity index (χ2n) is 9.90. The van der Waals surface area contributed by atoms with E-state index in [0.29, 0.717) is 41.0 Å². The number of amides is 1. The number of rotatable bonds is 10. The second kappa shape index (κ2) is 12.0. The number of pyridine rings is 1. The van der Waals surface area contributed by atoms with Gasteiger partial charge in [-0.25, -0.2) is 4.79 Å². The van der Waals surface area contributed by atoms with Crippen molar-refractivity contribution in [2.24, 2.45) is 5.73 Å². The lowest BCUT2D eigenvalue weighted by Crippen LogP contribution is -2.23. The van der Waals surface area contributed by atoms with Crippen LogP contribution in [0.2, 0.25) is 0 Å². The molecule has 0 saturated carbocycles. The molecule has 0 aliphatic carbocycles. The van der Waals surface area contributed by atoms with Crippen molar-refractivity contribution in [3.05, 3.63) is 119 Å². The average Bonchev–Trinajstić information content (AvgIpc) is 3.36. The molecule has 0 aliphatic heterocycles. The number of hydrogen-bond donors (Lipinski definition) is 4. The third-order valence-corrected chi connectivity index (χ3v) is 7.29. The number of nitrogens with two attached hydrogens (primary N) is 1. The standard InChI is InChI=1S/C33H31N5O4/c1-3-38-19-24(26-10-8-22(31(34)35)15-30(26)38)13-21-6-7-23(32(39)37-18-20-5-4-12-36-17-20)14-28(21)27-11-9-25(42-2)16-29(27)33(40)41/h4-12,14-17,19H,3,13,18H2,1-2H3,(H3,34,35)(H,37,39)(H,40,41). The van der Waals surface area contributed by atoms with Crippen molar-refractivity contribution in [2.75, 3.05) is 7.11 Å². The second-order valence-corrected chi connectivity index (χ2v) is 9.90. The first kappa shape index (κ1) is 28.1. The van der Waals surface area contributed by atoms with E-state index in [1.807, 2.05) is 43.3 Å². The molecule has 0 atom stereocenters. The molecule has 2 aromatic heterocycles. The highest BCUT2D eigenvalue weighted by Crippen LogP contribution is 2.34. The Morgan fingerprint density at radius 2 is 1.83 bits per heavy atom. The van der Waals surface area contributed by atoms with Gasteiger partial charge in [-0.3, -0.25) is 15.2 Å². The summed E-state index contributed by atoms with van der Waals surface area (Å²) in [4.78, 5) is 29.6. The lowest BCUT2D eigenvalue weighted by Gasteiger charge is -2.15. The van der Waals surface area contributed by atoms with E-state index in [4.69, 9.17) is 15.9 Å². The van der Waals surface area contributed by atoms with Crippen LogP contribution in [-0.2, 0) is 19.5 Å². The highest BCUT2D eigenvalue weighted by molar-refractivity contribution is 6.01. The Morgan fingerprint density at radius 3 is 2.52 bits per heavy atom. The summed E-state index contributed by atoms with van der Waals surface area (Å²) in [5.74, 6) is -0.949. The summed E-state index contributed by atoms with van der Waals surface area (Å²) in [6.45, 7) is 3.08. The fraction of sp³-hybridized carbons (Fsp3) is 0.152. The Morgan fingerprint density at radius 1 is 1.02 bits per heavy atom. The summed E-state index contributed by atoms with van der Waals surface area (Å²) in [6, 6.07) is 19.7. The fourth-order valence-corrected chi connectivity index (χ4v) is 5.12. The van der Waals surface area contributed by atoms with Gasteiger partial charge >= 0.3 is 5.97 Å². The Kier molecular flexibility index (Phi) is 8.01. The van der Waals surface area contributed by atoms with Gasteiger partial charge in [-0.2, -0.15) is 0 Å². The molecule has 9 heteroatoms. The topological polar surface area (TPSA) is 143 Å². The molecule has 212 valence electrons. The van der Waals surface area contributed by atoms with Crippen molar-refractivity contribution in [2.45, 2.75) is 26.4 Å². The number of carboxylic acid groups (broad SMARTS) is 1. The third-order valence-electron chi connectivity index (χ3n) is 7.29. The smallest absolute Gasteiger partial charge is 0.336 e. The largest absolute Gasteiger partial charge is 0.497 e. The lowest BCUT2D eigenvalue weighted by atomic mass is 9.90. The zero-order chi connectivity index (χ0) is 29.8. The molecule has 0 radical (unpaired) electrons. The number of fused-ring (bicyclic) bond motifs is 1. The Balaban J connectivity index is 1.60. The number of nitrogens with zero attached hydrogens (tertiary/aromatic N) is 2. The van der Waals surface area contributed by atoms with Crippen molar-refractivity contribution in [1.82, 2.24) is 14.9 Å². The summed E-state index contributed by atoms with van der Waals surface area (Å²) < 4.78 is 7.39. The molecular weight excluding hydrogens is 530 g/mol. The van der Waals surface area contributed by atoms with Crippen molar-refractivity contribution in [3.8, 4) is 16.9 Å². The number of nitrogen functional groups attached to an aromatic ring is 1. The van der Waals surface area contributed by atoms with Crippen LogP contribution in [0.25, 0.3) is 22.0 Å². The normalized spacial score (nSPS) is 10.9. The van der Waals surface area contributed by atoms with Crippen molar-refractivity contribution < 1.29 is 19.4 Å². The van der Waals surface area contributed by atoms with E-state index < -0.39 is 5.97 Å². The predicted octanol–water partition coefficient (Wildman–Crippen LogP) is 5.23. The van der Waals surface area contributed by atoms with Crippen LogP contribution in [0.15, 0.2) is 85.3 Å². The molecule has 42 heavy (non-hydrogen) atoms. The number of aromatic nitrogens is 2. The minimum atomic E-state index is -1.10. The quantitative estimate of drug-likeness (QED) is 0.136. The van der Waals surface area contributed by atoms with Crippen LogP contribution in [0.3, 0.4) is 0 Å². The molecular formula is C33H31N5O4. The van der Waals surface area contributed by atoms with E-state index in [1.165, 1.54) is 13.2 Å². The number of carboxylic acids is 1. The number of amidine groups is 1. The third kappa shape index (κ3) is 5.71. The van der Waals surface area contributed by atoms with Gasteiger partial charge in [0.25, 0.3) is 5.91 Å². The number of ether oxygens (including phenoxy) is 1. The van der Waals surface area contributed by atoms with Gasteiger partial charge in [0, 0.05) is 60.1 Å². The SMILES string of the molecule is CCn1cc(Cc2ccc(C(=O)NCc3cccnc3)cc2-c2ccc(OC)cc2C(=O)O)c2ccc(C(=N)N)cc21. The van der Waals surface area contributed by atoms with Crippen LogP contribution < -0.4 is 15.8 Å². The van der Waals surface area contributed by atoms with Crippen molar-refractivity contribution in [1.29, 1.82) is 5.41 Å². The zero-order valence-electron chi connectivity index (χ0n) is 23.3. The Hall–Kier alpha value is -5.44. The first-order chi connectivity index (χ1) is 20.3. The van der Waals surface area contributed by atoms with Gasteiger partial charge in [-0.1, -0.05) is 24.3 Å². The molecule has 0 fully saturated rings. The molecule has 9 nitrogen and oxygen atoms in total. The van der Waals surface area contributed by atoms with Crippen LogP contribution in [0.1, 0.15) is 49.9 Å². The minimum Gasteiger partial charge on any atom is -0.497 e. The van der Waals surface area contributed by atoms with Gasteiger partial charge in [0.2, 0.25) is 0 Å². The van der Waals surface area contributed by atoms with E-state index >= 15 is 0 Å². The summed E-state index contributed by atoms with van der Waals surface area (Å²) in [5.41, 5.74) is 11.7. The van der Waals surface area contributed by atoms with Gasteiger partial charge in [-0.15, -0.1) is 0 Å². The van der Waals surface area contributed by atoms with Crippen LogP contribution >= 0.6 is 0 Å². The van der Waals surface area contributed by atoms with Crippen LogP contribution in [0.5, 0.6) is 5.75 Å². The first-order valence-corrected chi connectivity index (χ1v) is 13.5. The van der Waals surface area contributed by atoms with Crippen LogP contribution in [-0.4, -0.2) is 39.5 Å². The molecule has 2 heterocycles. The highest BCUT2D eigenvalue weighted by atomic mass is 16.5. The number of aromatic carboxylic acids is 1. The van der Waals surface area contributed by atoms with Crippen molar-refractivity contribution >= 4 is 28.6 Å². The van der Waals surface area contributed by atoms with Gasteiger partial charge in [0.05, 0.1) is 12.7 Å². The minimum absolute atomic E-state index is 0.00249.